The van der Waals surface area contributed by atoms with Gasteiger partial charge in [-0.1, -0.05) is 36.4 Å². The van der Waals surface area contributed by atoms with Crippen molar-refractivity contribution in [3.63, 3.8) is 0 Å². The highest BCUT2D eigenvalue weighted by Gasteiger charge is 2.22. The van der Waals surface area contributed by atoms with Crippen LogP contribution >= 0.6 is 0 Å². The molecule has 2 aromatic carbocycles. The Morgan fingerprint density at radius 1 is 1.04 bits per heavy atom. The predicted octanol–water partition coefficient (Wildman–Crippen LogP) is 3.49. The van der Waals surface area contributed by atoms with Crippen LogP contribution in [0.2, 0.25) is 0 Å². The van der Waals surface area contributed by atoms with Crippen LogP contribution in [0.3, 0.4) is 0 Å². The van der Waals surface area contributed by atoms with Gasteiger partial charge in [-0.15, -0.1) is 0 Å². The normalized spacial score (nSPS) is 14.5. The van der Waals surface area contributed by atoms with E-state index in [9.17, 15) is 9.59 Å². The van der Waals surface area contributed by atoms with Crippen molar-refractivity contribution < 1.29 is 14.3 Å². The van der Waals surface area contributed by atoms with E-state index in [-0.39, 0.29) is 18.0 Å². The quantitative estimate of drug-likeness (QED) is 0.869. The second kappa shape index (κ2) is 8.58. The van der Waals surface area contributed by atoms with Crippen molar-refractivity contribution in [3.8, 4) is 16.9 Å². The van der Waals surface area contributed by atoms with Crippen LogP contribution in [0.25, 0.3) is 11.1 Å². The summed E-state index contributed by atoms with van der Waals surface area (Å²) in [5.41, 5.74) is 2.69. The van der Waals surface area contributed by atoms with E-state index in [4.69, 9.17) is 4.74 Å². The summed E-state index contributed by atoms with van der Waals surface area (Å²) >= 11 is 0. The van der Waals surface area contributed by atoms with Crippen LogP contribution in [0.5, 0.6) is 5.75 Å². The van der Waals surface area contributed by atoms with E-state index in [0.717, 1.165) is 24.0 Å². The number of ether oxygens (including phenoxy) is 1. The molecular formula is C21H25N3O3. The van der Waals surface area contributed by atoms with E-state index in [0.29, 0.717) is 24.5 Å². The number of methoxy groups -OCH3 is 1. The Morgan fingerprint density at radius 3 is 2.37 bits per heavy atom. The Labute approximate surface area is 159 Å². The summed E-state index contributed by atoms with van der Waals surface area (Å²) in [5.74, 6) is 0.691. The SMILES string of the molecule is COc1ccc(-c2ccccc2)cc1NC(=O)NC1CCN(C(C)=O)CC1. The maximum atomic E-state index is 12.5. The van der Waals surface area contributed by atoms with Gasteiger partial charge in [0.15, 0.2) is 0 Å². The van der Waals surface area contributed by atoms with Crippen molar-refractivity contribution >= 4 is 17.6 Å². The molecule has 0 spiro atoms. The van der Waals surface area contributed by atoms with Gasteiger partial charge in [-0.3, -0.25) is 4.79 Å². The topological polar surface area (TPSA) is 70.7 Å². The number of carbonyl (C=O) groups excluding carboxylic acids is 2. The van der Waals surface area contributed by atoms with Crippen LogP contribution in [0.15, 0.2) is 48.5 Å². The number of piperidine rings is 1. The van der Waals surface area contributed by atoms with Crippen molar-refractivity contribution in [1.82, 2.24) is 10.2 Å². The third kappa shape index (κ3) is 4.78. The minimum atomic E-state index is -0.264. The van der Waals surface area contributed by atoms with Gasteiger partial charge in [0.2, 0.25) is 5.91 Å². The highest BCUT2D eigenvalue weighted by molar-refractivity contribution is 5.92. The first kappa shape index (κ1) is 18.8. The maximum Gasteiger partial charge on any atom is 0.319 e. The second-order valence-corrected chi connectivity index (χ2v) is 6.66. The summed E-state index contributed by atoms with van der Waals surface area (Å²) in [6.07, 6.45) is 1.52. The van der Waals surface area contributed by atoms with Crippen molar-refractivity contribution in [2.75, 3.05) is 25.5 Å². The van der Waals surface area contributed by atoms with Crippen molar-refractivity contribution in [3.05, 3.63) is 48.5 Å². The van der Waals surface area contributed by atoms with E-state index < -0.39 is 0 Å². The Hall–Kier alpha value is -3.02. The third-order valence-electron chi connectivity index (χ3n) is 4.83. The minimum absolute atomic E-state index is 0.0592. The Morgan fingerprint density at radius 2 is 1.74 bits per heavy atom. The first-order valence-electron chi connectivity index (χ1n) is 9.13. The first-order valence-corrected chi connectivity index (χ1v) is 9.13. The number of amides is 3. The number of likely N-dealkylation sites (tertiary alicyclic amines) is 1. The molecule has 2 aromatic rings. The highest BCUT2D eigenvalue weighted by atomic mass is 16.5. The molecule has 0 aromatic heterocycles. The molecule has 142 valence electrons. The number of benzene rings is 2. The van der Waals surface area contributed by atoms with Crippen molar-refractivity contribution in [2.45, 2.75) is 25.8 Å². The van der Waals surface area contributed by atoms with Crippen LogP contribution in [0.1, 0.15) is 19.8 Å². The van der Waals surface area contributed by atoms with Gasteiger partial charge in [-0.25, -0.2) is 4.79 Å². The molecule has 1 aliphatic heterocycles. The van der Waals surface area contributed by atoms with E-state index in [1.807, 2.05) is 53.4 Å². The smallest absolute Gasteiger partial charge is 0.319 e. The summed E-state index contributed by atoms with van der Waals surface area (Å²) in [5, 5.41) is 5.89. The summed E-state index contributed by atoms with van der Waals surface area (Å²) in [6, 6.07) is 15.5. The van der Waals surface area contributed by atoms with Crippen LogP contribution in [-0.2, 0) is 4.79 Å². The first-order chi connectivity index (χ1) is 13.1. The molecule has 0 radical (unpaired) electrons. The molecule has 0 unspecified atom stereocenters. The molecule has 0 atom stereocenters. The van der Waals surface area contributed by atoms with E-state index >= 15 is 0 Å². The van der Waals surface area contributed by atoms with Gasteiger partial charge in [0.25, 0.3) is 0 Å². The number of nitrogens with zero attached hydrogens (tertiary/aromatic N) is 1. The molecule has 0 bridgehead atoms. The van der Waals surface area contributed by atoms with E-state index in [2.05, 4.69) is 10.6 Å². The standard InChI is InChI=1S/C21H25N3O3/c1-15(25)24-12-10-18(11-13-24)22-21(26)23-19-14-17(8-9-20(19)27-2)16-6-4-3-5-7-16/h3-9,14,18H,10-13H2,1-2H3,(H2,22,23,26). The fourth-order valence-corrected chi connectivity index (χ4v) is 3.30. The van der Waals surface area contributed by atoms with E-state index in [1.165, 1.54) is 0 Å². The molecule has 1 fully saturated rings. The van der Waals surface area contributed by atoms with Crippen molar-refractivity contribution in [1.29, 1.82) is 0 Å². The fourth-order valence-electron chi connectivity index (χ4n) is 3.30. The number of nitrogens with one attached hydrogen (secondary N) is 2. The summed E-state index contributed by atoms with van der Waals surface area (Å²) in [6.45, 7) is 2.92. The molecule has 1 saturated heterocycles. The molecule has 0 saturated carbocycles. The lowest BCUT2D eigenvalue weighted by atomic mass is 10.0. The Balaban J connectivity index is 1.65. The monoisotopic (exact) mass is 367 g/mol. The largest absolute Gasteiger partial charge is 0.495 e. The third-order valence-corrected chi connectivity index (χ3v) is 4.83. The lowest BCUT2D eigenvalue weighted by Crippen LogP contribution is -2.47. The zero-order valence-electron chi connectivity index (χ0n) is 15.7. The molecule has 6 heteroatoms. The molecule has 1 aliphatic rings. The molecule has 3 amide bonds. The van der Waals surface area contributed by atoms with Gasteiger partial charge in [-0.05, 0) is 36.1 Å². The van der Waals surface area contributed by atoms with Gasteiger partial charge < -0.3 is 20.3 Å². The molecular weight excluding hydrogens is 342 g/mol. The molecule has 1 heterocycles. The second-order valence-electron chi connectivity index (χ2n) is 6.66. The molecule has 6 nitrogen and oxygen atoms in total. The number of urea groups is 1. The average Bonchev–Trinajstić information content (AvgIpc) is 2.69. The van der Waals surface area contributed by atoms with Gasteiger partial charge in [-0.2, -0.15) is 0 Å². The number of rotatable bonds is 4. The maximum absolute atomic E-state index is 12.5. The van der Waals surface area contributed by atoms with Crippen LogP contribution in [-0.4, -0.2) is 43.1 Å². The average molecular weight is 367 g/mol. The van der Waals surface area contributed by atoms with Gasteiger partial charge >= 0.3 is 6.03 Å². The summed E-state index contributed by atoms with van der Waals surface area (Å²) < 4.78 is 5.38. The zero-order valence-corrected chi connectivity index (χ0v) is 15.7. The van der Waals surface area contributed by atoms with Crippen LogP contribution in [0, 0.1) is 0 Å². The van der Waals surface area contributed by atoms with Gasteiger partial charge in [0.05, 0.1) is 12.8 Å². The molecule has 3 rings (SSSR count). The minimum Gasteiger partial charge on any atom is -0.495 e. The zero-order chi connectivity index (χ0) is 19.2. The lowest BCUT2D eigenvalue weighted by molar-refractivity contribution is -0.129. The van der Waals surface area contributed by atoms with Crippen LogP contribution < -0.4 is 15.4 Å². The fraction of sp³-hybridized carbons (Fsp3) is 0.333. The molecule has 2 N–H and O–H groups in total. The number of carbonyl (C=O) groups is 2. The Bertz CT molecular complexity index is 800. The summed E-state index contributed by atoms with van der Waals surface area (Å²) in [4.78, 5) is 25.7. The number of hydrogen-bond acceptors (Lipinski definition) is 3. The van der Waals surface area contributed by atoms with Crippen molar-refractivity contribution in [2.24, 2.45) is 0 Å². The predicted molar refractivity (Wildman–Crippen MR) is 106 cm³/mol. The lowest BCUT2D eigenvalue weighted by Gasteiger charge is -2.31. The van der Waals surface area contributed by atoms with Crippen LogP contribution in [0.4, 0.5) is 10.5 Å². The number of anilines is 1. The van der Waals surface area contributed by atoms with Gasteiger partial charge in [0, 0.05) is 26.1 Å². The molecule has 27 heavy (non-hydrogen) atoms. The number of hydrogen-bond donors (Lipinski definition) is 2. The van der Waals surface area contributed by atoms with E-state index in [1.54, 1.807) is 14.0 Å². The summed E-state index contributed by atoms with van der Waals surface area (Å²) in [7, 11) is 1.58. The highest BCUT2D eigenvalue weighted by Crippen LogP contribution is 2.30. The Kier molecular flexibility index (Phi) is 5.96. The molecule has 0 aliphatic carbocycles. The van der Waals surface area contributed by atoms with Gasteiger partial charge in [0.1, 0.15) is 5.75 Å².